The van der Waals surface area contributed by atoms with E-state index in [2.05, 4.69) is 44.5 Å². The normalized spacial score (nSPS) is 25.9. The number of fused-ring (bicyclic) bond motifs is 3. The zero-order valence-corrected chi connectivity index (χ0v) is 19.7. The van der Waals surface area contributed by atoms with Gasteiger partial charge in [-0.25, -0.2) is 15.0 Å². The van der Waals surface area contributed by atoms with E-state index in [-0.39, 0.29) is 12.7 Å². The lowest BCUT2D eigenvalue weighted by molar-refractivity contribution is -0.213. The minimum Gasteiger partial charge on any atom is -0.394 e. The second kappa shape index (κ2) is 8.63. The fourth-order valence-electron chi connectivity index (χ4n) is 5.72. The summed E-state index contributed by atoms with van der Waals surface area (Å²) in [6, 6.07) is 18.6. The molecule has 0 saturated carbocycles. The van der Waals surface area contributed by atoms with Crippen LogP contribution in [0.2, 0.25) is 0 Å². The molecular formula is C27H27N5O4. The highest BCUT2D eigenvalue weighted by molar-refractivity contribution is 5.82. The van der Waals surface area contributed by atoms with Crippen molar-refractivity contribution in [3.63, 3.8) is 0 Å². The van der Waals surface area contributed by atoms with Gasteiger partial charge in [0.1, 0.15) is 24.6 Å². The molecular weight excluding hydrogens is 458 g/mol. The van der Waals surface area contributed by atoms with Gasteiger partial charge in [0.15, 0.2) is 29.0 Å². The fourth-order valence-corrected chi connectivity index (χ4v) is 5.72. The van der Waals surface area contributed by atoms with Crippen molar-refractivity contribution in [1.82, 2.24) is 19.5 Å². The van der Waals surface area contributed by atoms with E-state index in [0.717, 1.165) is 13.0 Å². The van der Waals surface area contributed by atoms with E-state index in [9.17, 15) is 5.11 Å². The Morgan fingerprint density at radius 2 is 1.69 bits per heavy atom. The summed E-state index contributed by atoms with van der Waals surface area (Å²) in [5, 5.41) is 13.5. The topological polar surface area (TPSA) is 104 Å². The van der Waals surface area contributed by atoms with E-state index in [4.69, 9.17) is 14.2 Å². The third-order valence-electron chi connectivity index (χ3n) is 7.39. The molecule has 0 bridgehead atoms. The van der Waals surface area contributed by atoms with Crippen molar-refractivity contribution in [2.75, 3.05) is 18.5 Å². The van der Waals surface area contributed by atoms with Gasteiger partial charge < -0.3 is 24.6 Å². The second-order valence-corrected chi connectivity index (χ2v) is 9.65. The number of ether oxygens (including phenoxy) is 3. The number of nitrogens with one attached hydrogen (secondary N) is 1. The zero-order chi connectivity index (χ0) is 24.1. The Kier molecular flexibility index (Phi) is 5.25. The average Bonchev–Trinajstić information content (AvgIpc) is 3.66. The van der Waals surface area contributed by atoms with Crippen molar-refractivity contribution < 1.29 is 19.3 Å². The molecule has 184 valence electrons. The minimum absolute atomic E-state index is 0.155. The molecule has 7 rings (SSSR count). The van der Waals surface area contributed by atoms with Crippen LogP contribution in [0.3, 0.4) is 0 Å². The van der Waals surface area contributed by atoms with Crippen LogP contribution in [-0.4, -0.2) is 61.9 Å². The number of benzene rings is 2. The largest absolute Gasteiger partial charge is 0.394 e. The van der Waals surface area contributed by atoms with Gasteiger partial charge in [-0.2, -0.15) is 0 Å². The third kappa shape index (κ3) is 3.58. The summed E-state index contributed by atoms with van der Waals surface area (Å²) in [5.74, 6) is -0.0569. The third-order valence-corrected chi connectivity index (χ3v) is 7.39. The minimum atomic E-state index is -0.732. The summed E-state index contributed by atoms with van der Waals surface area (Å²) in [6.45, 7) is 0.568. The van der Waals surface area contributed by atoms with E-state index >= 15 is 0 Å². The Morgan fingerprint density at radius 1 is 0.944 bits per heavy atom. The van der Waals surface area contributed by atoms with Gasteiger partial charge in [-0.05, 0) is 23.1 Å². The second-order valence-electron chi connectivity index (χ2n) is 9.65. The maximum absolute atomic E-state index is 10.1. The first-order valence-corrected chi connectivity index (χ1v) is 12.4. The molecule has 1 spiro atoms. The predicted octanol–water partition coefficient (Wildman–Crippen LogP) is 2.65. The molecule has 36 heavy (non-hydrogen) atoms. The molecule has 4 atom stereocenters. The van der Waals surface area contributed by atoms with Crippen molar-refractivity contribution >= 4 is 17.0 Å². The van der Waals surface area contributed by atoms with Gasteiger partial charge in [-0.1, -0.05) is 54.6 Å². The van der Waals surface area contributed by atoms with Crippen LogP contribution in [0.5, 0.6) is 0 Å². The summed E-state index contributed by atoms with van der Waals surface area (Å²) >= 11 is 0. The number of anilines is 1. The molecule has 3 aliphatic rings. The maximum Gasteiger partial charge on any atom is 0.177 e. The van der Waals surface area contributed by atoms with Crippen LogP contribution >= 0.6 is 0 Å². The number of nitrogens with zero attached hydrogens (tertiary/aromatic N) is 4. The fraction of sp³-hybridized carbons (Fsp3) is 0.370. The number of hydrogen-bond donors (Lipinski definition) is 2. The number of aromatic nitrogens is 4. The van der Waals surface area contributed by atoms with Crippen LogP contribution in [0.25, 0.3) is 11.2 Å². The van der Waals surface area contributed by atoms with E-state index < -0.39 is 24.2 Å². The number of aliphatic hydroxyl groups excluding tert-OH is 1. The van der Waals surface area contributed by atoms with Gasteiger partial charge in [0.05, 0.1) is 12.9 Å². The Hall–Kier alpha value is -3.37. The molecule has 2 saturated heterocycles. The number of hydrogen-bond acceptors (Lipinski definition) is 8. The summed E-state index contributed by atoms with van der Waals surface area (Å²) < 4.78 is 21.2. The highest BCUT2D eigenvalue weighted by atomic mass is 16.8. The summed E-state index contributed by atoms with van der Waals surface area (Å²) in [4.78, 5) is 13.5. The predicted molar refractivity (Wildman–Crippen MR) is 131 cm³/mol. The van der Waals surface area contributed by atoms with Crippen LogP contribution in [0.4, 0.5) is 5.82 Å². The van der Waals surface area contributed by atoms with E-state index in [1.165, 1.54) is 23.0 Å². The molecule has 4 aromatic rings. The maximum atomic E-state index is 10.1. The molecule has 9 heteroatoms. The first-order chi connectivity index (χ1) is 17.7. The van der Waals surface area contributed by atoms with Gasteiger partial charge in [0.25, 0.3) is 0 Å². The molecule has 0 amide bonds. The van der Waals surface area contributed by atoms with Gasteiger partial charge in [0, 0.05) is 19.4 Å². The Labute approximate surface area is 208 Å². The van der Waals surface area contributed by atoms with Crippen LogP contribution in [-0.2, 0) is 33.5 Å². The first kappa shape index (κ1) is 21.9. The monoisotopic (exact) mass is 485 g/mol. The van der Waals surface area contributed by atoms with E-state index in [1.54, 1.807) is 6.33 Å². The van der Waals surface area contributed by atoms with Crippen LogP contribution in [0.1, 0.15) is 22.9 Å². The van der Waals surface area contributed by atoms with Crippen molar-refractivity contribution in [2.24, 2.45) is 0 Å². The molecule has 0 radical (unpaired) electrons. The van der Waals surface area contributed by atoms with Crippen LogP contribution < -0.4 is 5.32 Å². The van der Waals surface area contributed by atoms with Crippen LogP contribution in [0.15, 0.2) is 67.3 Å². The standard InChI is InChI=1S/C27H27N5O4/c33-14-20-22-23(36-27(35-22)12-18-8-4-5-9-19(18)13-27)26(34-20)32-16-31-21-24(29-15-30-25(21)32)28-11-10-17-6-2-1-3-7-17/h1-9,15-16,20,22-23,26,33H,10-14H2,(H,28,29,30)/t20-,22-,23-,26-/m1/s1. The number of imidazole rings is 1. The van der Waals surface area contributed by atoms with Crippen molar-refractivity contribution in [3.8, 4) is 0 Å². The van der Waals surface area contributed by atoms with Gasteiger partial charge in [-0.15, -0.1) is 0 Å². The lowest BCUT2D eigenvalue weighted by atomic mass is 10.1. The Balaban J connectivity index is 1.14. The lowest BCUT2D eigenvalue weighted by Crippen LogP contribution is -2.36. The molecule has 4 heterocycles. The van der Waals surface area contributed by atoms with Crippen molar-refractivity contribution in [3.05, 3.63) is 83.9 Å². The molecule has 9 nitrogen and oxygen atoms in total. The molecule has 1 aliphatic carbocycles. The van der Waals surface area contributed by atoms with E-state index in [0.29, 0.717) is 29.8 Å². The SMILES string of the molecule is OC[C@H]1O[C@@H](n2cnc3c(NCCc4ccccc4)ncnc32)[C@@H]2OC3(Cc4ccccc4C3)O[C@@H]21. The van der Waals surface area contributed by atoms with Crippen molar-refractivity contribution in [2.45, 2.75) is 49.6 Å². The Bertz CT molecular complexity index is 1370. The smallest absolute Gasteiger partial charge is 0.177 e. The Morgan fingerprint density at radius 3 is 2.47 bits per heavy atom. The lowest BCUT2D eigenvalue weighted by Gasteiger charge is -2.27. The van der Waals surface area contributed by atoms with Crippen molar-refractivity contribution in [1.29, 1.82) is 0 Å². The van der Waals surface area contributed by atoms with E-state index in [1.807, 2.05) is 34.9 Å². The molecule has 0 unspecified atom stereocenters. The molecule has 2 aliphatic heterocycles. The van der Waals surface area contributed by atoms with Gasteiger partial charge >= 0.3 is 0 Å². The zero-order valence-electron chi connectivity index (χ0n) is 19.7. The summed E-state index contributed by atoms with van der Waals surface area (Å²) in [5.41, 5.74) is 5.04. The summed E-state index contributed by atoms with van der Waals surface area (Å²) in [6.07, 6.45) is 3.69. The average molecular weight is 486 g/mol. The van der Waals surface area contributed by atoms with Crippen LogP contribution in [0, 0.1) is 0 Å². The molecule has 2 aromatic heterocycles. The van der Waals surface area contributed by atoms with Gasteiger partial charge in [0.2, 0.25) is 0 Å². The molecule has 2 fully saturated rings. The number of aliphatic hydroxyl groups is 1. The summed E-state index contributed by atoms with van der Waals surface area (Å²) in [7, 11) is 0. The first-order valence-electron chi connectivity index (χ1n) is 12.4. The highest BCUT2D eigenvalue weighted by Gasteiger charge is 2.60. The molecule has 2 aromatic carbocycles. The quantitative estimate of drug-likeness (QED) is 0.430. The number of rotatable bonds is 6. The highest BCUT2D eigenvalue weighted by Crippen LogP contribution is 2.48. The van der Waals surface area contributed by atoms with Gasteiger partial charge in [-0.3, -0.25) is 4.57 Å². The molecule has 2 N–H and O–H groups in total.